The quantitative estimate of drug-likeness (QED) is 0.490. The molecule has 1 amide bonds. The number of benzene rings is 2. The van der Waals surface area contributed by atoms with Gasteiger partial charge in [-0.3, -0.25) is 4.79 Å². The Labute approximate surface area is 173 Å². The van der Waals surface area contributed by atoms with Crippen LogP contribution in [0.25, 0.3) is 22.1 Å². The molecule has 1 unspecified atom stereocenters. The Kier molecular flexibility index (Phi) is 5.24. The first-order valence-corrected chi connectivity index (χ1v) is 10.5. The number of aryl methyl sites for hydroxylation is 3. The number of hydrogen-bond acceptors (Lipinski definition) is 5. The van der Waals surface area contributed by atoms with Gasteiger partial charge in [0.1, 0.15) is 5.52 Å². The summed E-state index contributed by atoms with van der Waals surface area (Å²) in [5.41, 5.74) is 5.67. The van der Waals surface area contributed by atoms with Gasteiger partial charge >= 0.3 is 0 Å². The van der Waals surface area contributed by atoms with Crippen molar-refractivity contribution < 1.29 is 4.79 Å². The van der Waals surface area contributed by atoms with Crippen molar-refractivity contribution in [3.05, 3.63) is 53.6 Å². The molecule has 1 atom stereocenters. The van der Waals surface area contributed by atoms with E-state index in [0.717, 1.165) is 33.3 Å². The molecular weight excluding hydrogens is 382 g/mol. The molecule has 0 saturated heterocycles. The van der Waals surface area contributed by atoms with Gasteiger partial charge in [0.05, 0.1) is 10.8 Å². The summed E-state index contributed by atoms with van der Waals surface area (Å²) >= 11 is 1.35. The molecule has 0 aliphatic heterocycles. The predicted octanol–water partition coefficient (Wildman–Crippen LogP) is 4.64. The number of thioether (sulfide) groups is 1. The first-order valence-electron chi connectivity index (χ1n) is 9.60. The zero-order valence-corrected chi connectivity index (χ0v) is 17.7. The maximum atomic E-state index is 12.8. The largest absolute Gasteiger partial charge is 0.327 e. The number of fused-ring (bicyclic) bond motifs is 3. The van der Waals surface area contributed by atoms with Gasteiger partial charge in [-0.1, -0.05) is 54.6 Å². The molecule has 1 N–H and O–H groups in total. The van der Waals surface area contributed by atoms with Gasteiger partial charge in [-0.25, -0.2) is 4.98 Å². The van der Waals surface area contributed by atoms with Crippen LogP contribution in [0.1, 0.15) is 24.5 Å². The third kappa shape index (κ3) is 3.70. The summed E-state index contributed by atoms with van der Waals surface area (Å²) in [6.45, 7) is 6.02. The van der Waals surface area contributed by atoms with Crippen LogP contribution >= 0.6 is 11.8 Å². The van der Waals surface area contributed by atoms with Crippen LogP contribution in [0.3, 0.4) is 0 Å². The SMILES string of the molecule is CCC(Sc1nnc2c3ccccc3n(C)c2n1)C(=O)Nc1ccc(C)cc1C. The van der Waals surface area contributed by atoms with Gasteiger partial charge in [0.15, 0.2) is 5.65 Å². The van der Waals surface area contributed by atoms with Crippen molar-refractivity contribution in [2.24, 2.45) is 7.05 Å². The van der Waals surface area contributed by atoms with E-state index in [1.165, 1.54) is 17.3 Å². The number of anilines is 1. The molecule has 148 valence electrons. The first kappa shape index (κ1) is 19.4. The number of amides is 1. The first-order chi connectivity index (χ1) is 14.0. The molecule has 0 aliphatic rings. The van der Waals surface area contributed by atoms with Crippen molar-refractivity contribution in [1.29, 1.82) is 0 Å². The minimum absolute atomic E-state index is 0.0507. The highest BCUT2D eigenvalue weighted by Gasteiger charge is 2.21. The van der Waals surface area contributed by atoms with E-state index in [4.69, 9.17) is 4.98 Å². The van der Waals surface area contributed by atoms with Crippen molar-refractivity contribution in [2.45, 2.75) is 37.6 Å². The van der Waals surface area contributed by atoms with E-state index in [1.807, 2.05) is 68.8 Å². The van der Waals surface area contributed by atoms with Crippen molar-refractivity contribution in [2.75, 3.05) is 5.32 Å². The zero-order chi connectivity index (χ0) is 20.5. The number of carbonyl (C=O) groups excluding carboxylic acids is 1. The summed E-state index contributed by atoms with van der Waals surface area (Å²) < 4.78 is 2.01. The van der Waals surface area contributed by atoms with Crippen LogP contribution in [0.2, 0.25) is 0 Å². The lowest BCUT2D eigenvalue weighted by molar-refractivity contribution is -0.115. The molecule has 2 aromatic heterocycles. The summed E-state index contributed by atoms with van der Waals surface area (Å²) in [6.07, 6.45) is 0.665. The van der Waals surface area contributed by atoms with Gasteiger partial charge in [0.2, 0.25) is 11.1 Å². The van der Waals surface area contributed by atoms with Gasteiger partial charge in [-0.2, -0.15) is 0 Å². The average molecular weight is 406 g/mol. The van der Waals surface area contributed by atoms with Gasteiger partial charge in [0, 0.05) is 18.1 Å². The summed E-state index contributed by atoms with van der Waals surface area (Å²) in [5.74, 6) is -0.0507. The predicted molar refractivity (Wildman–Crippen MR) is 118 cm³/mol. The maximum Gasteiger partial charge on any atom is 0.237 e. The highest BCUT2D eigenvalue weighted by Crippen LogP contribution is 2.28. The van der Waals surface area contributed by atoms with Crippen molar-refractivity contribution >= 4 is 45.4 Å². The monoisotopic (exact) mass is 405 g/mol. The highest BCUT2D eigenvalue weighted by atomic mass is 32.2. The fourth-order valence-corrected chi connectivity index (χ4v) is 4.27. The molecule has 7 heteroatoms. The molecule has 0 spiro atoms. The fourth-order valence-electron chi connectivity index (χ4n) is 3.46. The van der Waals surface area contributed by atoms with E-state index >= 15 is 0 Å². The van der Waals surface area contributed by atoms with Gasteiger partial charge in [-0.15, -0.1) is 10.2 Å². The van der Waals surface area contributed by atoms with Crippen LogP contribution in [0, 0.1) is 13.8 Å². The Morgan fingerprint density at radius 2 is 1.97 bits per heavy atom. The molecule has 0 aliphatic carbocycles. The lowest BCUT2D eigenvalue weighted by atomic mass is 10.1. The van der Waals surface area contributed by atoms with Crippen molar-refractivity contribution in [1.82, 2.24) is 19.7 Å². The molecule has 2 aromatic carbocycles. The average Bonchev–Trinajstić information content (AvgIpc) is 3.00. The Morgan fingerprint density at radius 1 is 1.17 bits per heavy atom. The second-order valence-electron chi connectivity index (χ2n) is 7.17. The molecule has 0 fully saturated rings. The second-order valence-corrected chi connectivity index (χ2v) is 8.34. The maximum absolute atomic E-state index is 12.8. The molecular formula is C22H23N5OS. The smallest absolute Gasteiger partial charge is 0.237 e. The topological polar surface area (TPSA) is 72.7 Å². The van der Waals surface area contributed by atoms with Crippen LogP contribution in [0.4, 0.5) is 5.69 Å². The molecule has 6 nitrogen and oxygen atoms in total. The number of aromatic nitrogens is 4. The van der Waals surface area contributed by atoms with E-state index in [1.54, 1.807) is 0 Å². The molecule has 0 radical (unpaired) electrons. The summed E-state index contributed by atoms with van der Waals surface area (Å²) in [4.78, 5) is 17.5. The second kappa shape index (κ2) is 7.83. The van der Waals surface area contributed by atoms with Crippen molar-refractivity contribution in [3.8, 4) is 0 Å². The number of hydrogen-bond donors (Lipinski definition) is 1. The van der Waals surface area contributed by atoms with E-state index < -0.39 is 0 Å². The Hall–Kier alpha value is -2.93. The van der Waals surface area contributed by atoms with E-state index in [0.29, 0.717) is 11.6 Å². The van der Waals surface area contributed by atoms with Gasteiger partial charge in [0.25, 0.3) is 0 Å². The Bertz CT molecular complexity index is 1220. The van der Waals surface area contributed by atoms with E-state index in [-0.39, 0.29) is 11.2 Å². The number of rotatable bonds is 5. The third-order valence-electron chi connectivity index (χ3n) is 5.04. The molecule has 29 heavy (non-hydrogen) atoms. The molecule has 4 rings (SSSR count). The molecule has 2 heterocycles. The summed E-state index contributed by atoms with van der Waals surface area (Å²) in [5, 5.41) is 13.0. The standard InChI is InChI=1S/C22H23N5OS/c1-5-18(21(28)23-16-11-10-13(2)12-14(16)3)29-22-24-20-19(25-26-22)15-8-6-7-9-17(15)27(20)4/h6-12,18H,5H2,1-4H3,(H,23,28). The lowest BCUT2D eigenvalue weighted by Crippen LogP contribution is -2.25. The van der Waals surface area contributed by atoms with Crippen LogP contribution in [-0.2, 0) is 11.8 Å². The molecule has 4 aromatic rings. The van der Waals surface area contributed by atoms with Crippen molar-refractivity contribution in [3.63, 3.8) is 0 Å². The normalized spacial score (nSPS) is 12.4. The Morgan fingerprint density at radius 3 is 2.72 bits per heavy atom. The van der Waals surface area contributed by atoms with Crippen LogP contribution in [0.5, 0.6) is 0 Å². The van der Waals surface area contributed by atoms with E-state index in [9.17, 15) is 4.79 Å². The molecule has 0 bridgehead atoms. The number of nitrogens with one attached hydrogen (secondary N) is 1. The van der Waals surface area contributed by atoms with Gasteiger partial charge < -0.3 is 9.88 Å². The number of carbonyl (C=O) groups is 1. The lowest BCUT2D eigenvalue weighted by Gasteiger charge is -2.15. The zero-order valence-electron chi connectivity index (χ0n) is 16.9. The Balaban J connectivity index is 1.59. The highest BCUT2D eigenvalue weighted by molar-refractivity contribution is 8.00. The minimum Gasteiger partial charge on any atom is -0.327 e. The van der Waals surface area contributed by atoms with Crippen LogP contribution in [-0.4, -0.2) is 30.9 Å². The minimum atomic E-state index is -0.301. The number of nitrogens with zero attached hydrogens (tertiary/aromatic N) is 4. The third-order valence-corrected chi connectivity index (χ3v) is 6.25. The fraction of sp³-hybridized carbons (Fsp3) is 0.273. The summed E-state index contributed by atoms with van der Waals surface area (Å²) in [7, 11) is 1.97. The van der Waals surface area contributed by atoms with E-state index in [2.05, 4.69) is 21.6 Å². The van der Waals surface area contributed by atoms with Crippen LogP contribution < -0.4 is 5.32 Å². The number of para-hydroxylation sites is 1. The van der Waals surface area contributed by atoms with Gasteiger partial charge in [-0.05, 0) is 38.0 Å². The molecule has 0 saturated carbocycles. The van der Waals surface area contributed by atoms with Crippen LogP contribution in [0.15, 0.2) is 47.6 Å². The summed E-state index contributed by atoms with van der Waals surface area (Å²) in [6, 6.07) is 14.0.